The molecule has 0 fully saturated rings. The highest BCUT2D eigenvalue weighted by molar-refractivity contribution is 7.93. The average molecular weight is 442 g/mol. The first kappa shape index (κ1) is 20.0. The van der Waals surface area contributed by atoms with Crippen LogP contribution < -0.4 is 4.72 Å². The number of hydrogen-bond donors (Lipinski definition) is 1. The van der Waals surface area contributed by atoms with Gasteiger partial charge in [0.25, 0.3) is 0 Å². The van der Waals surface area contributed by atoms with E-state index in [-0.39, 0.29) is 15.6 Å². The van der Waals surface area contributed by atoms with Crippen molar-refractivity contribution in [2.45, 2.75) is 14.4 Å². The van der Waals surface area contributed by atoms with Gasteiger partial charge < -0.3 is 0 Å². The number of sulfone groups is 1. The Bertz CT molecular complexity index is 1100. The standard InChI is InChI=1S/C18H16ClNO4S3/c19-15-8-10-16(11-9-15)27(23,24)20-13-17(14-5-2-1-3-6-14)26(21,22)18-7-4-12-25-18/h1-12,17,20H,13H2. The normalized spacial score (nSPS) is 13.4. The van der Waals surface area contributed by atoms with E-state index in [4.69, 9.17) is 11.6 Å². The van der Waals surface area contributed by atoms with Crippen molar-refractivity contribution in [3.63, 3.8) is 0 Å². The third kappa shape index (κ3) is 4.59. The van der Waals surface area contributed by atoms with Crippen molar-refractivity contribution in [1.29, 1.82) is 0 Å². The molecular weight excluding hydrogens is 426 g/mol. The summed E-state index contributed by atoms with van der Waals surface area (Å²) in [6.45, 7) is -0.283. The Morgan fingerprint density at radius 2 is 1.56 bits per heavy atom. The molecule has 0 saturated heterocycles. The van der Waals surface area contributed by atoms with Crippen molar-refractivity contribution in [3.05, 3.63) is 82.7 Å². The Morgan fingerprint density at radius 1 is 0.889 bits per heavy atom. The van der Waals surface area contributed by atoms with Crippen molar-refractivity contribution in [2.24, 2.45) is 0 Å². The Morgan fingerprint density at radius 3 is 2.15 bits per heavy atom. The molecule has 0 aliphatic carbocycles. The summed E-state index contributed by atoms with van der Waals surface area (Å²) < 4.78 is 53.8. The molecule has 1 N–H and O–H groups in total. The molecule has 1 aromatic heterocycles. The fourth-order valence-corrected chi connectivity index (χ4v) is 6.67. The Hall–Kier alpha value is -1.71. The molecule has 142 valence electrons. The van der Waals surface area contributed by atoms with Crippen molar-refractivity contribution in [3.8, 4) is 0 Å². The van der Waals surface area contributed by atoms with E-state index >= 15 is 0 Å². The van der Waals surface area contributed by atoms with Gasteiger partial charge in [0.1, 0.15) is 9.46 Å². The molecule has 9 heteroatoms. The summed E-state index contributed by atoms with van der Waals surface area (Å²) in [5.74, 6) is 0. The smallest absolute Gasteiger partial charge is 0.222 e. The zero-order chi connectivity index (χ0) is 19.5. The average Bonchev–Trinajstić information content (AvgIpc) is 3.18. The number of halogens is 1. The largest absolute Gasteiger partial charge is 0.240 e. The quantitative estimate of drug-likeness (QED) is 0.603. The third-order valence-electron chi connectivity index (χ3n) is 3.90. The van der Waals surface area contributed by atoms with Crippen LogP contribution in [0, 0.1) is 0 Å². The number of nitrogens with one attached hydrogen (secondary N) is 1. The Kier molecular flexibility index (Phi) is 6.02. The van der Waals surface area contributed by atoms with E-state index in [1.807, 2.05) is 0 Å². The van der Waals surface area contributed by atoms with Gasteiger partial charge in [-0.05, 0) is 41.3 Å². The van der Waals surface area contributed by atoms with Crippen LogP contribution in [-0.4, -0.2) is 23.4 Å². The maximum Gasteiger partial charge on any atom is 0.240 e. The maximum atomic E-state index is 13.1. The highest BCUT2D eigenvalue weighted by atomic mass is 35.5. The highest BCUT2D eigenvalue weighted by Crippen LogP contribution is 2.31. The number of sulfonamides is 1. The van der Waals surface area contributed by atoms with Gasteiger partial charge in [-0.3, -0.25) is 0 Å². The van der Waals surface area contributed by atoms with Crippen molar-refractivity contribution >= 4 is 42.8 Å². The van der Waals surface area contributed by atoms with Gasteiger partial charge in [0.2, 0.25) is 10.0 Å². The molecule has 0 spiro atoms. The molecular formula is C18H16ClNO4S3. The van der Waals surface area contributed by atoms with E-state index in [1.165, 1.54) is 30.3 Å². The Labute approximate surface area is 167 Å². The summed E-state index contributed by atoms with van der Waals surface area (Å²) in [5, 5.41) is 1.04. The maximum absolute atomic E-state index is 13.1. The topological polar surface area (TPSA) is 80.3 Å². The lowest BCUT2D eigenvalue weighted by Crippen LogP contribution is -2.31. The van der Waals surface area contributed by atoms with Crippen LogP contribution in [0.1, 0.15) is 10.8 Å². The zero-order valence-electron chi connectivity index (χ0n) is 13.9. The molecule has 0 saturated carbocycles. The monoisotopic (exact) mass is 441 g/mol. The van der Waals surface area contributed by atoms with Crippen LogP contribution in [0.25, 0.3) is 0 Å². The first-order chi connectivity index (χ1) is 12.8. The minimum Gasteiger partial charge on any atom is -0.222 e. The number of benzene rings is 2. The predicted molar refractivity (Wildman–Crippen MR) is 107 cm³/mol. The fraction of sp³-hybridized carbons (Fsp3) is 0.111. The van der Waals surface area contributed by atoms with E-state index in [0.717, 1.165) is 11.3 Å². The van der Waals surface area contributed by atoms with Crippen LogP contribution in [0.3, 0.4) is 0 Å². The van der Waals surface area contributed by atoms with Crippen molar-refractivity contribution in [1.82, 2.24) is 4.72 Å². The SMILES string of the molecule is O=S(=O)(NCC(c1ccccc1)S(=O)(=O)c1cccs1)c1ccc(Cl)cc1. The van der Waals surface area contributed by atoms with Crippen molar-refractivity contribution in [2.75, 3.05) is 6.54 Å². The van der Waals surface area contributed by atoms with E-state index in [0.29, 0.717) is 10.6 Å². The minimum absolute atomic E-state index is 0.0206. The van der Waals surface area contributed by atoms with Crippen LogP contribution in [0.4, 0.5) is 0 Å². The molecule has 0 amide bonds. The van der Waals surface area contributed by atoms with Gasteiger partial charge in [0.05, 0.1) is 4.90 Å². The van der Waals surface area contributed by atoms with Gasteiger partial charge in [0, 0.05) is 11.6 Å². The summed E-state index contributed by atoms with van der Waals surface area (Å²) in [6, 6.07) is 17.4. The number of thiophene rings is 1. The molecule has 1 atom stereocenters. The van der Waals surface area contributed by atoms with Gasteiger partial charge >= 0.3 is 0 Å². The first-order valence-corrected chi connectivity index (χ1v) is 12.2. The van der Waals surface area contributed by atoms with Crippen LogP contribution in [0.2, 0.25) is 5.02 Å². The first-order valence-electron chi connectivity index (χ1n) is 7.88. The van der Waals surface area contributed by atoms with E-state index in [2.05, 4.69) is 4.72 Å². The molecule has 1 unspecified atom stereocenters. The second kappa shape index (κ2) is 8.12. The molecule has 3 rings (SSSR count). The summed E-state index contributed by atoms with van der Waals surface area (Å²) >= 11 is 6.90. The lowest BCUT2D eigenvalue weighted by Gasteiger charge is -2.18. The van der Waals surface area contributed by atoms with E-state index < -0.39 is 25.1 Å². The summed E-state index contributed by atoms with van der Waals surface area (Å²) in [5.41, 5.74) is 0.518. The van der Waals surface area contributed by atoms with Gasteiger partial charge in [-0.25, -0.2) is 21.6 Å². The lowest BCUT2D eigenvalue weighted by atomic mass is 10.1. The summed E-state index contributed by atoms with van der Waals surface area (Å²) in [6.07, 6.45) is 0. The number of hydrogen-bond acceptors (Lipinski definition) is 5. The molecule has 1 heterocycles. The molecule has 0 aliphatic heterocycles. The molecule has 5 nitrogen and oxygen atoms in total. The van der Waals surface area contributed by atoms with Crippen LogP contribution in [0.15, 0.2) is 81.2 Å². The highest BCUT2D eigenvalue weighted by Gasteiger charge is 2.31. The van der Waals surface area contributed by atoms with Crippen LogP contribution in [0.5, 0.6) is 0 Å². The molecule has 0 bridgehead atoms. The summed E-state index contributed by atoms with van der Waals surface area (Å²) in [4.78, 5) is 0.0206. The fourth-order valence-electron chi connectivity index (χ4n) is 2.52. The van der Waals surface area contributed by atoms with E-state index in [9.17, 15) is 16.8 Å². The third-order valence-corrected chi connectivity index (χ3v) is 9.13. The molecule has 0 aliphatic rings. The van der Waals surface area contributed by atoms with Gasteiger partial charge in [-0.2, -0.15) is 0 Å². The minimum atomic E-state index is -3.88. The second-order valence-electron chi connectivity index (χ2n) is 5.68. The van der Waals surface area contributed by atoms with Gasteiger partial charge in [-0.15, -0.1) is 11.3 Å². The molecule has 0 radical (unpaired) electrons. The molecule has 27 heavy (non-hydrogen) atoms. The van der Waals surface area contributed by atoms with Gasteiger partial charge in [0.15, 0.2) is 9.84 Å². The lowest BCUT2D eigenvalue weighted by molar-refractivity contribution is 0.570. The second-order valence-corrected chi connectivity index (χ2v) is 11.2. The molecule has 3 aromatic rings. The summed E-state index contributed by atoms with van der Waals surface area (Å²) in [7, 11) is -7.63. The zero-order valence-corrected chi connectivity index (χ0v) is 17.2. The van der Waals surface area contributed by atoms with Crippen LogP contribution >= 0.6 is 22.9 Å². The number of rotatable bonds is 7. The predicted octanol–water partition coefficient (Wildman–Crippen LogP) is 3.90. The van der Waals surface area contributed by atoms with Crippen molar-refractivity contribution < 1.29 is 16.8 Å². The van der Waals surface area contributed by atoms with Crippen LogP contribution in [-0.2, 0) is 19.9 Å². The van der Waals surface area contributed by atoms with E-state index in [1.54, 1.807) is 41.8 Å². The Balaban J connectivity index is 1.92. The van der Waals surface area contributed by atoms with Gasteiger partial charge in [-0.1, -0.05) is 48.0 Å². The molecule has 2 aromatic carbocycles.